The molecule has 94 valence electrons. The van der Waals surface area contributed by atoms with Crippen molar-refractivity contribution < 1.29 is 4.79 Å². The van der Waals surface area contributed by atoms with E-state index in [9.17, 15) is 4.79 Å². The number of hydrogen-bond acceptors (Lipinski definition) is 1. The summed E-state index contributed by atoms with van der Waals surface area (Å²) in [6.45, 7) is 4.81. The molecule has 0 bridgehead atoms. The van der Waals surface area contributed by atoms with Crippen LogP contribution in [0.4, 0.5) is 4.79 Å². The van der Waals surface area contributed by atoms with E-state index in [1.807, 2.05) is 13.8 Å². The molecule has 0 atom stereocenters. The van der Waals surface area contributed by atoms with Crippen LogP contribution in [-0.2, 0) is 0 Å². The molecule has 2 amide bonds. The molecule has 0 aromatic rings. The topological polar surface area (TPSA) is 41.1 Å². The van der Waals surface area contributed by atoms with Crippen molar-refractivity contribution in [2.45, 2.75) is 64.8 Å². The first-order valence-electron chi connectivity index (χ1n) is 6.73. The van der Waals surface area contributed by atoms with Gasteiger partial charge in [0.1, 0.15) is 0 Å². The molecule has 1 saturated carbocycles. The lowest BCUT2D eigenvalue weighted by Crippen LogP contribution is -2.41. The summed E-state index contributed by atoms with van der Waals surface area (Å²) in [5, 5.41) is 5.84. The Balaban J connectivity index is 2.16. The lowest BCUT2D eigenvalue weighted by atomic mass is 9.91. The van der Waals surface area contributed by atoms with E-state index in [0.29, 0.717) is 5.92 Å². The van der Waals surface area contributed by atoms with Crippen LogP contribution in [0, 0.1) is 5.92 Å². The summed E-state index contributed by atoms with van der Waals surface area (Å²) in [5.74, 6) is 0.693. The molecule has 0 spiro atoms. The van der Waals surface area contributed by atoms with Gasteiger partial charge in [-0.05, 0) is 32.6 Å². The average Bonchev–Trinajstić information content (AvgIpc) is 2.14. The van der Waals surface area contributed by atoms with E-state index in [2.05, 4.69) is 10.6 Å². The van der Waals surface area contributed by atoms with Crippen molar-refractivity contribution in [3.05, 3.63) is 0 Å². The Morgan fingerprint density at radius 3 is 2.25 bits per heavy atom. The van der Waals surface area contributed by atoms with E-state index in [1.54, 1.807) is 0 Å². The van der Waals surface area contributed by atoms with Crippen LogP contribution in [0.1, 0.15) is 58.8 Å². The van der Waals surface area contributed by atoms with E-state index < -0.39 is 0 Å². The molecule has 0 aromatic carbocycles. The molecule has 0 aromatic heterocycles. The predicted molar refractivity (Wildman–Crippen MR) is 67.5 cm³/mol. The van der Waals surface area contributed by atoms with Crippen LogP contribution in [0.5, 0.6) is 0 Å². The van der Waals surface area contributed by atoms with Crippen molar-refractivity contribution in [1.82, 2.24) is 10.6 Å². The number of carbonyl (C=O) groups is 1. The fourth-order valence-electron chi connectivity index (χ4n) is 2.30. The quantitative estimate of drug-likeness (QED) is 0.763. The van der Waals surface area contributed by atoms with E-state index in [1.165, 1.54) is 44.9 Å². The van der Waals surface area contributed by atoms with E-state index in [0.717, 1.165) is 6.54 Å². The number of carbonyl (C=O) groups excluding carboxylic acids is 1. The smallest absolute Gasteiger partial charge is 0.314 e. The van der Waals surface area contributed by atoms with Crippen LogP contribution in [-0.4, -0.2) is 18.6 Å². The molecule has 0 saturated heterocycles. The summed E-state index contributed by atoms with van der Waals surface area (Å²) in [7, 11) is 0. The molecule has 2 N–H and O–H groups in total. The van der Waals surface area contributed by atoms with Gasteiger partial charge in [-0.2, -0.15) is 0 Å². The highest BCUT2D eigenvalue weighted by Crippen LogP contribution is 2.21. The van der Waals surface area contributed by atoms with E-state index in [4.69, 9.17) is 0 Å². The van der Waals surface area contributed by atoms with Crippen LogP contribution in [0.3, 0.4) is 0 Å². The van der Waals surface area contributed by atoms with Crippen molar-refractivity contribution in [1.29, 1.82) is 0 Å². The van der Waals surface area contributed by atoms with Gasteiger partial charge in [-0.1, -0.05) is 32.1 Å². The molecule has 0 unspecified atom stereocenters. The summed E-state index contributed by atoms with van der Waals surface area (Å²) in [5.41, 5.74) is 0. The van der Waals surface area contributed by atoms with Crippen molar-refractivity contribution in [3.8, 4) is 0 Å². The zero-order valence-corrected chi connectivity index (χ0v) is 10.7. The van der Waals surface area contributed by atoms with Crippen molar-refractivity contribution >= 4 is 6.03 Å². The van der Waals surface area contributed by atoms with Gasteiger partial charge in [-0.25, -0.2) is 4.79 Å². The lowest BCUT2D eigenvalue weighted by molar-refractivity contribution is 0.235. The Morgan fingerprint density at radius 1 is 1.12 bits per heavy atom. The third-order valence-corrected chi connectivity index (χ3v) is 3.20. The number of amides is 2. The second-order valence-corrected chi connectivity index (χ2v) is 5.22. The molecule has 0 heterocycles. The summed E-state index contributed by atoms with van der Waals surface area (Å²) in [6, 6.07) is 0.203. The van der Waals surface area contributed by atoms with Crippen molar-refractivity contribution in [2.75, 3.05) is 6.54 Å². The maximum absolute atomic E-state index is 11.4. The van der Waals surface area contributed by atoms with Gasteiger partial charge in [0, 0.05) is 12.6 Å². The van der Waals surface area contributed by atoms with Gasteiger partial charge in [-0.15, -0.1) is 0 Å². The maximum Gasteiger partial charge on any atom is 0.314 e. The fraction of sp³-hybridized carbons (Fsp3) is 0.923. The minimum Gasteiger partial charge on any atom is -0.338 e. The number of nitrogens with one attached hydrogen (secondary N) is 2. The van der Waals surface area contributed by atoms with Crippen LogP contribution >= 0.6 is 0 Å². The lowest BCUT2D eigenvalue weighted by Gasteiger charge is -2.20. The zero-order chi connectivity index (χ0) is 11.8. The maximum atomic E-state index is 11.4. The fourth-order valence-corrected chi connectivity index (χ4v) is 2.30. The molecule has 16 heavy (non-hydrogen) atoms. The Bertz CT molecular complexity index is 196. The zero-order valence-electron chi connectivity index (χ0n) is 10.7. The Morgan fingerprint density at radius 2 is 1.69 bits per heavy atom. The van der Waals surface area contributed by atoms with Crippen molar-refractivity contribution in [2.24, 2.45) is 5.92 Å². The summed E-state index contributed by atoms with van der Waals surface area (Å²) >= 11 is 0. The second kappa shape index (κ2) is 7.53. The normalized spacial score (nSPS) is 18.9. The molecular weight excluding hydrogens is 200 g/mol. The molecular formula is C13H26N2O. The molecule has 0 aliphatic heterocycles. The van der Waals surface area contributed by atoms with E-state index >= 15 is 0 Å². The highest BCUT2D eigenvalue weighted by atomic mass is 16.2. The minimum absolute atomic E-state index is 0.0166. The Hall–Kier alpha value is -0.730. The van der Waals surface area contributed by atoms with Crippen LogP contribution in [0.2, 0.25) is 0 Å². The molecule has 1 rings (SSSR count). The van der Waals surface area contributed by atoms with Gasteiger partial charge in [0.15, 0.2) is 0 Å². The van der Waals surface area contributed by atoms with E-state index in [-0.39, 0.29) is 12.1 Å². The SMILES string of the molecule is CC(C)NC(=O)NCC1CCCCCCC1. The van der Waals surface area contributed by atoms with Crippen molar-refractivity contribution in [3.63, 3.8) is 0 Å². The Labute approximate surface area is 99.4 Å². The predicted octanol–water partition coefficient (Wildman–Crippen LogP) is 3.05. The van der Waals surface area contributed by atoms with Gasteiger partial charge in [0.25, 0.3) is 0 Å². The highest BCUT2D eigenvalue weighted by Gasteiger charge is 2.12. The molecule has 1 aliphatic carbocycles. The largest absolute Gasteiger partial charge is 0.338 e. The van der Waals surface area contributed by atoms with Crippen LogP contribution < -0.4 is 10.6 Å². The van der Waals surface area contributed by atoms with Gasteiger partial charge < -0.3 is 10.6 Å². The highest BCUT2D eigenvalue weighted by molar-refractivity contribution is 5.74. The first-order valence-corrected chi connectivity index (χ1v) is 6.73. The molecule has 1 aliphatic rings. The minimum atomic E-state index is -0.0166. The summed E-state index contributed by atoms with van der Waals surface area (Å²) in [6.07, 6.45) is 9.36. The first-order chi connectivity index (χ1) is 7.68. The number of hydrogen-bond donors (Lipinski definition) is 2. The summed E-state index contributed by atoms with van der Waals surface area (Å²) < 4.78 is 0. The summed E-state index contributed by atoms with van der Waals surface area (Å²) in [4.78, 5) is 11.4. The standard InChI is InChI=1S/C13H26N2O/c1-11(2)15-13(16)14-10-12-8-6-4-3-5-7-9-12/h11-12H,3-10H2,1-2H3,(H2,14,15,16). The van der Waals surface area contributed by atoms with Crippen LogP contribution in [0.15, 0.2) is 0 Å². The molecule has 3 nitrogen and oxygen atoms in total. The number of rotatable bonds is 3. The Kier molecular flexibility index (Phi) is 6.27. The molecule has 1 fully saturated rings. The first kappa shape index (κ1) is 13.3. The van der Waals surface area contributed by atoms with Gasteiger partial charge in [0.2, 0.25) is 0 Å². The number of urea groups is 1. The second-order valence-electron chi connectivity index (χ2n) is 5.22. The molecule has 3 heteroatoms. The third kappa shape index (κ3) is 5.99. The van der Waals surface area contributed by atoms with Crippen LogP contribution in [0.25, 0.3) is 0 Å². The third-order valence-electron chi connectivity index (χ3n) is 3.20. The van der Waals surface area contributed by atoms with Gasteiger partial charge in [0.05, 0.1) is 0 Å². The molecule has 0 radical (unpaired) electrons. The van der Waals surface area contributed by atoms with Gasteiger partial charge in [-0.3, -0.25) is 0 Å². The van der Waals surface area contributed by atoms with Gasteiger partial charge >= 0.3 is 6.03 Å². The average molecular weight is 226 g/mol. The monoisotopic (exact) mass is 226 g/mol.